The molecule has 0 saturated heterocycles. The zero-order valence-electron chi connectivity index (χ0n) is 24.4. The molecule has 220 valence electrons. The number of amides is 1. The number of fused-ring (bicyclic) bond motifs is 1. The number of nitrogens with one attached hydrogen (secondary N) is 2. The van der Waals surface area contributed by atoms with E-state index in [9.17, 15) is 14.3 Å². The monoisotopic (exact) mass is 579 g/mol. The molecule has 0 spiro atoms. The van der Waals surface area contributed by atoms with Crippen LogP contribution in [0.3, 0.4) is 0 Å². The molecule has 1 aromatic heterocycles. The fourth-order valence-electron chi connectivity index (χ4n) is 5.38. The van der Waals surface area contributed by atoms with Gasteiger partial charge in [0.2, 0.25) is 11.7 Å². The molecule has 43 heavy (non-hydrogen) atoms. The number of nitrogens with zero attached hydrogens (tertiary/aromatic N) is 1. The topological polar surface area (TPSA) is 92.7 Å². The Bertz CT molecular complexity index is 1640. The summed E-state index contributed by atoms with van der Waals surface area (Å²) in [7, 11) is 2.97. The molecular formula is C35H34FN3O4. The molecule has 0 bridgehead atoms. The van der Waals surface area contributed by atoms with Crippen LogP contribution < -0.4 is 20.1 Å². The molecule has 1 amide bonds. The van der Waals surface area contributed by atoms with Crippen molar-refractivity contribution in [3.05, 3.63) is 130 Å². The van der Waals surface area contributed by atoms with E-state index < -0.39 is 6.04 Å². The first-order valence-corrected chi connectivity index (χ1v) is 14.0. The molecule has 1 aliphatic rings. The van der Waals surface area contributed by atoms with Crippen LogP contribution in [0.15, 0.2) is 96.8 Å². The van der Waals surface area contributed by atoms with Gasteiger partial charge in [-0.3, -0.25) is 15.1 Å². The second-order valence-electron chi connectivity index (χ2n) is 10.3. The summed E-state index contributed by atoms with van der Waals surface area (Å²) in [4.78, 5) is 18.0. The Morgan fingerprint density at radius 3 is 2.33 bits per heavy atom. The number of allylic oxidation sites excluding steroid dienone is 3. The lowest BCUT2D eigenvalue weighted by Crippen LogP contribution is -2.44. The molecule has 0 aliphatic heterocycles. The summed E-state index contributed by atoms with van der Waals surface area (Å²) in [6.45, 7) is 2.71. The maximum Gasteiger partial charge on any atom is 0.242 e. The van der Waals surface area contributed by atoms with Crippen LogP contribution in [0.2, 0.25) is 0 Å². The number of carbonyl (C=O) groups is 1. The molecule has 0 radical (unpaired) electrons. The fourth-order valence-corrected chi connectivity index (χ4v) is 5.38. The van der Waals surface area contributed by atoms with Gasteiger partial charge in [-0.1, -0.05) is 48.5 Å². The van der Waals surface area contributed by atoms with Crippen LogP contribution in [0.1, 0.15) is 34.7 Å². The number of ether oxygens (including phenoxy) is 2. The minimum Gasteiger partial charge on any atom is -0.502 e. The summed E-state index contributed by atoms with van der Waals surface area (Å²) in [5.41, 5.74) is 6.76. The van der Waals surface area contributed by atoms with Crippen molar-refractivity contribution in [3.63, 3.8) is 0 Å². The number of aromatic nitrogens is 1. The van der Waals surface area contributed by atoms with E-state index in [1.54, 1.807) is 30.6 Å². The van der Waals surface area contributed by atoms with E-state index in [0.717, 1.165) is 39.0 Å². The fraction of sp³-hybridized carbons (Fsp3) is 0.200. The van der Waals surface area contributed by atoms with Crippen LogP contribution in [-0.2, 0) is 24.3 Å². The SMILES string of the molecule is COc1cc(C/C=C2/C(C)=C(C(NCc3cccnc3)C(=O)NCc3ccccc3)c3cc(F)ccc32)cc(OC)c1O. The molecule has 5 rings (SSSR count). The maximum absolute atomic E-state index is 14.7. The number of methoxy groups -OCH3 is 2. The van der Waals surface area contributed by atoms with Gasteiger partial charge in [-0.15, -0.1) is 0 Å². The highest BCUT2D eigenvalue weighted by Gasteiger charge is 2.33. The first-order chi connectivity index (χ1) is 20.9. The lowest BCUT2D eigenvalue weighted by atomic mass is 9.97. The standard InChI is InChI=1S/C35H34FN3O4/c1-22-27(13-11-24-16-30(42-2)34(40)31(17-24)43-3)28-14-12-26(36)18-29(28)32(22)33(38-21-25-10-7-15-37-19-25)35(41)39-20-23-8-5-4-6-9-23/h4-10,12-19,33,38,40H,11,20-21H2,1-3H3,(H,39,41)/b27-13-. The van der Waals surface area contributed by atoms with Gasteiger partial charge in [0.05, 0.1) is 14.2 Å². The molecule has 3 aromatic carbocycles. The molecule has 0 saturated carbocycles. The van der Waals surface area contributed by atoms with Gasteiger partial charge < -0.3 is 19.9 Å². The quantitative estimate of drug-likeness (QED) is 0.207. The van der Waals surface area contributed by atoms with Crippen LogP contribution in [0.4, 0.5) is 4.39 Å². The number of pyridine rings is 1. The number of phenolic OH excluding ortho intramolecular Hbond substituents is 1. The highest BCUT2D eigenvalue weighted by atomic mass is 19.1. The number of hydrogen-bond acceptors (Lipinski definition) is 6. The summed E-state index contributed by atoms with van der Waals surface area (Å²) in [6, 6.07) is 20.9. The third kappa shape index (κ3) is 6.60. The van der Waals surface area contributed by atoms with Crippen molar-refractivity contribution in [2.24, 2.45) is 0 Å². The van der Waals surface area contributed by atoms with Crippen molar-refractivity contribution in [2.75, 3.05) is 14.2 Å². The molecule has 1 aliphatic carbocycles. The number of halogens is 1. The van der Waals surface area contributed by atoms with Crippen LogP contribution in [-0.4, -0.2) is 36.3 Å². The van der Waals surface area contributed by atoms with E-state index in [1.807, 2.05) is 55.5 Å². The molecule has 1 atom stereocenters. The molecule has 1 unspecified atom stereocenters. The van der Waals surface area contributed by atoms with Crippen molar-refractivity contribution in [1.82, 2.24) is 15.6 Å². The summed E-state index contributed by atoms with van der Waals surface area (Å²) in [5, 5.41) is 16.8. The highest BCUT2D eigenvalue weighted by Crippen LogP contribution is 2.44. The minimum absolute atomic E-state index is 0.0644. The van der Waals surface area contributed by atoms with Gasteiger partial charge in [0.15, 0.2) is 11.5 Å². The Morgan fingerprint density at radius 2 is 1.65 bits per heavy atom. The van der Waals surface area contributed by atoms with Gasteiger partial charge in [-0.05, 0) is 88.2 Å². The number of rotatable bonds is 11. The summed E-state index contributed by atoms with van der Waals surface area (Å²) < 4.78 is 25.4. The van der Waals surface area contributed by atoms with Crippen molar-refractivity contribution in [2.45, 2.75) is 32.5 Å². The lowest BCUT2D eigenvalue weighted by Gasteiger charge is -2.22. The number of aromatic hydroxyl groups is 1. The third-order valence-corrected chi connectivity index (χ3v) is 7.54. The highest BCUT2D eigenvalue weighted by molar-refractivity contribution is 6.07. The van der Waals surface area contributed by atoms with E-state index in [1.165, 1.54) is 26.4 Å². The smallest absolute Gasteiger partial charge is 0.242 e. The zero-order valence-corrected chi connectivity index (χ0v) is 24.4. The van der Waals surface area contributed by atoms with Crippen molar-refractivity contribution in [1.29, 1.82) is 0 Å². The number of phenols is 1. The molecule has 1 heterocycles. The molecular weight excluding hydrogens is 545 g/mol. The van der Waals surface area contributed by atoms with Gasteiger partial charge in [-0.2, -0.15) is 0 Å². The third-order valence-electron chi connectivity index (χ3n) is 7.54. The van der Waals surface area contributed by atoms with E-state index >= 15 is 0 Å². The van der Waals surface area contributed by atoms with Crippen molar-refractivity contribution in [3.8, 4) is 17.2 Å². The van der Waals surface area contributed by atoms with E-state index in [0.29, 0.717) is 36.6 Å². The largest absolute Gasteiger partial charge is 0.502 e. The normalized spacial score (nSPS) is 14.0. The van der Waals surface area contributed by atoms with Crippen molar-refractivity contribution >= 4 is 17.1 Å². The Balaban J connectivity index is 1.52. The van der Waals surface area contributed by atoms with E-state index in [4.69, 9.17) is 9.47 Å². The Hall–Kier alpha value is -4.95. The average Bonchev–Trinajstić information content (AvgIpc) is 3.30. The van der Waals surface area contributed by atoms with E-state index in [-0.39, 0.29) is 17.5 Å². The van der Waals surface area contributed by atoms with Gasteiger partial charge in [-0.25, -0.2) is 4.39 Å². The Labute approximate surface area is 250 Å². The Morgan fingerprint density at radius 1 is 0.930 bits per heavy atom. The van der Waals surface area contributed by atoms with Gasteiger partial charge in [0.1, 0.15) is 11.9 Å². The average molecular weight is 580 g/mol. The summed E-state index contributed by atoms with van der Waals surface area (Å²) in [5.74, 6) is -0.0419. The predicted molar refractivity (Wildman–Crippen MR) is 165 cm³/mol. The van der Waals surface area contributed by atoms with Gasteiger partial charge in [0, 0.05) is 25.5 Å². The second kappa shape index (κ2) is 13.4. The number of hydrogen-bond donors (Lipinski definition) is 3. The van der Waals surface area contributed by atoms with Crippen LogP contribution in [0.5, 0.6) is 17.2 Å². The Kier molecular flexibility index (Phi) is 9.17. The van der Waals surface area contributed by atoms with Crippen molar-refractivity contribution < 1.29 is 23.8 Å². The molecule has 3 N–H and O–H groups in total. The predicted octanol–water partition coefficient (Wildman–Crippen LogP) is 5.83. The maximum atomic E-state index is 14.7. The summed E-state index contributed by atoms with van der Waals surface area (Å²) in [6.07, 6.45) is 5.98. The van der Waals surface area contributed by atoms with Crippen LogP contribution >= 0.6 is 0 Å². The first kappa shape index (κ1) is 29.5. The van der Waals surface area contributed by atoms with Gasteiger partial charge in [0.25, 0.3) is 0 Å². The number of benzene rings is 3. The minimum atomic E-state index is -0.760. The van der Waals surface area contributed by atoms with Crippen LogP contribution in [0.25, 0.3) is 11.1 Å². The second-order valence-corrected chi connectivity index (χ2v) is 10.3. The number of carbonyl (C=O) groups excluding carboxylic acids is 1. The van der Waals surface area contributed by atoms with Crippen LogP contribution in [0, 0.1) is 5.82 Å². The first-order valence-electron chi connectivity index (χ1n) is 14.0. The van der Waals surface area contributed by atoms with Gasteiger partial charge >= 0.3 is 0 Å². The van der Waals surface area contributed by atoms with E-state index in [2.05, 4.69) is 15.6 Å². The zero-order chi connectivity index (χ0) is 30.3. The molecule has 4 aromatic rings. The lowest BCUT2D eigenvalue weighted by molar-refractivity contribution is -0.122. The molecule has 7 nitrogen and oxygen atoms in total. The summed E-state index contributed by atoms with van der Waals surface area (Å²) >= 11 is 0. The molecule has 0 fully saturated rings. The molecule has 8 heteroatoms.